The number of fused-ring (bicyclic) bond motifs is 1. The third kappa shape index (κ3) is 5.84. The minimum absolute atomic E-state index is 0.217. The van der Waals surface area contributed by atoms with E-state index in [2.05, 4.69) is 25.0 Å². The second-order valence-corrected chi connectivity index (χ2v) is 13.7. The summed E-state index contributed by atoms with van der Waals surface area (Å²) < 4.78 is 31.0. The van der Waals surface area contributed by atoms with Gasteiger partial charge in [0.2, 0.25) is 10.0 Å². The van der Waals surface area contributed by atoms with E-state index in [-0.39, 0.29) is 10.8 Å². The molecule has 2 aromatic heterocycles. The predicted molar refractivity (Wildman–Crippen MR) is 161 cm³/mol. The van der Waals surface area contributed by atoms with E-state index >= 15 is 0 Å². The Morgan fingerprint density at radius 1 is 1.02 bits per heavy atom. The average Bonchev–Trinajstić information content (AvgIpc) is 3.37. The van der Waals surface area contributed by atoms with Gasteiger partial charge in [-0.15, -0.1) is 0 Å². The standard InChI is InChI=1S/C30H37N5O3S2/c1-21(2)26-10-9-11-27-28(26)31-30(39-27)34(18-19-35-23(4)20-22(3)32-35)29(36)24-12-14-25(15-13-24)40(37,38)33-16-7-5-6-8-17-33/h9-15,20-21H,5-8,16-19H2,1-4H3. The summed E-state index contributed by atoms with van der Waals surface area (Å²) in [6.07, 6.45) is 3.86. The highest BCUT2D eigenvalue weighted by atomic mass is 32.2. The number of hydrogen-bond donors (Lipinski definition) is 0. The van der Waals surface area contributed by atoms with Crippen molar-refractivity contribution in [3.63, 3.8) is 0 Å². The highest BCUT2D eigenvalue weighted by Crippen LogP contribution is 2.34. The van der Waals surface area contributed by atoms with E-state index in [0.717, 1.165) is 52.9 Å². The third-order valence-electron chi connectivity index (χ3n) is 7.48. The predicted octanol–water partition coefficient (Wildman–Crippen LogP) is 6.14. The summed E-state index contributed by atoms with van der Waals surface area (Å²) in [5.41, 5.74) is 4.44. The lowest BCUT2D eigenvalue weighted by Gasteiger charge is -2.22. The molecule has 3 heterocycles. The minimum atomic E-state index is -3.59. The van der Waals surface area contributed by atoms with Crippen LogP contribution in [0, 0.1) is 13.8 Å². The molecular weight excluding hydrogens is 542 g/mol. The Labute approximate surface area is 240 Å². The molecule has 8 nitrogen and oxygen atoms in total. The van der Waals surface area contributed by atoms with Crippen molar-refractivity contribution in [1.29, 1.82) is 0 Å². The van der Waals surface area contributed by atoms with E-state index in [9.17, 15) is 13.2 Å². The van der Waals surface area contributed by atoms with Crippen molar-refractivity contribution in [3.05, 3.63) is 71.0 Å². The van der Waals surface area contributed by atoms with Crippen LogP contribution in [0.25, 0.3) is 10.2 Å². The number of amides is 1. The van der Waals surface area contributed by atoms with Gasteiger partial charge < -0.3 is 0 Å². The molecular formula is C30H37N5O3S2. The second-order valence-electron chi connectivity index (χ2n) is 10.8. The molecule has 0 atom stereocenters. The molecule has 1 fully saturated rings. The number of nitrogens with zero attached hydrogens (tertiary/aromatic N) is 5. The van der Waals surface area contributed by atoms with Gasteiger partial charge in [0.25, 0.3) is 5.91 Å². The van der Waals surface area contributed by atoms with Crippen molar-refractivity contribution < 1.29 is 13.2 Å². The fourth-order valence-electron chi connectivity index (χ4n) is 5.28. The number of hydrogen-bond acceptors (Lipinski definition) is 6. The summed E-state index contributed by atoms with van der Waals surface area (Å²) in [5, 5.41) is 5.19. The molecule has 40 heavy (non-hydrogen) atoms. The average molecular weight is 580 g/mol. The summed E-state index contributed by atoms with van der Waals surface area (Å²) in [5.74, 6) is 0.0848. The van der Waals surface area contributed by atoms with E-state index in [1.807, 2.05) is 36.7 Å². The first-order chi connectivity index (χ1) is 19.1. The number of benzene rings is 2. The molecule has 0 N–H and O–H groups in total. The molecule has 0 radical (unpaired) electrons. The van der Waals surface area contributed by atoms with E-state index in [0.29, 0.717) is 42.8 Å². The molecule has 4 aromatic rings. The van der Waals surface area contributed by atoms with Gasteiger partial charge in [-0.25, -0.2) is 13.4 Å². The summed E-state index contributed by atoms with van der Waals surface area (Å²) in [4.78, 5) is 20.8. The number of aryl methyl sites for hydroxylation is 2. The SMILES string of the molecule is Cc1cc(C)n(CCN(C(=O)c2ccc(S(=O)(=O)N3CCCCCC3)cc2)c2nc3c(C(C)C)cccc3s2)n1. The summed E-state index contributed by atoms with van der Waals surface area (Å²) in [6, 6.07) is 14.5. The molecule has 1 amide bonds. The Hall–Kier alpha value is -3.08. The number of para-hydroxylation sites is 1. The molecule has 0 spiro atoms. The summed E-state index contributed by atoms with van der Waals surface area (Å²) >= 11 is 1.49. The molecule has 0 aliphatic carbocycles. The number of anilines is 1. The lowest BCUT2D eigenvalue weighted by atomic mass is 10.0. The van der Waals surface area contributed by atoms with Crippen molar-refractivity contribution in [2.75, 3.05) is 24.5 Å². The van der Waals surface area contributed by atoms with Crippen LogP contribution in [-0.2, 0) is 16.6 Å². The second kappa shape index (κ2) is 11.8. The third-order valence-corrected chi connectivity index (χ3v) is 10.4. The number of thiazole rings is 1. The zero-order chi connectivity index (χ0) is 28.4. The molecule has 1 saturated heterocycles. The van der Waals surface area contributed by atoms with Crippen molar-refractivity contribution in [2.45, 2.75) is 70.7 Å². The quantitative estimate of drug-likeness (QED) is 0.250. The minimum Gasteiger partial charge on any atom is -0.282 e. The van der Waals surface area contributed by atoms with E-state index in [4.69, 9.17) is 4.98 Å². The normalized spacial score (nSPS) is 15.0. The highest BCUT2D eigenvalue weighted by Gasteiger charge is 2.27. The number of rotatable bonds is 8. The fraction of sp³-hybridized carbons (Fsp3) is 0.433. The first-order valence-electron chi connectivity index (χ1n) is 14.0. The Morgan fingerprint density at radius 3 is 2.35 bits per heavy atom. The van der Waals surface area contributed by atoms with Gasteiger partial charge in [-0.05, 0) is 74.6 Å². The lowest BCUT2D eigenvalue weighted by molar-refractivity contribution is 0.0985. The Kier molecular flexibility index (Phi) is 8.39. The molecule has 0 unspecified atom stereocenters. The molecule has 0 bridgehead atoms. The van der Waals surface area contributed by atoms with Gasteiger partial charge in [-0.1, -0.05) is 50.2 Å². The molecule has 10 heteroatoms. The van der Waals surface area contributed by atoms with Gasteiger partial charge >= 0.3 is 0 Å². The van der Waals surface area contributed by atoms with Gasteiger partial charge in [0.1, 0.15) is 0 Å². The maximum Gasteiger partial charge on any atom is 0.260 e. The van der Waals surface area contributed by atoms with Gasteiger partial charge in [-0.2, -0.15) is 9.40 Å². The number of carbonyl (C=O) groups excluding carboxylic acids is 1. The Bertz CT molecular complexity index is 1600. The Morgan fingerprint density at radius 2 is 1.73 bits per heavy atom. The zero-order valence-corrected chi connectivity index (χ0v) is 25.3. The number of carbonyl (C=O) groups is 1. The van der Waals surface area contributed by atoms with Crippen LogP contribution in [0.2, 0.25) is 0 Å². The van der Waals surface area contributed by atoms with Crippen LogP contribution < -0.4 is 4.90 Å². The van der Waals surface area contributed by atoms with Crippen LogP contribution in [0.15, 0.2) is 53.4 Å². The lowest BCUT2D eigenvalue weighted by Crippen LogP contribution is -2.34. The van der Waals surface area contributed by atoms with Crippen molar-refractivity contribution in [1.82, 2.24) is 19.1 Å². The maximum atomic E-state index is 14.0. The van der Waals surface area contributed by atoms with Crippen molar-refractivity contribution in [2.24, 2.45) is 0 Å². The first kappa shape index (κ1) is 28.4. The van der Waals surface area contributed by atoms with Crippen LogP contribution in [0.5, 0.6) is 0 Å². The van der Waals surface area contributed by atoms with Crippen LogP contribution in [0.1, 0.15) is 72.8 Å². The van der Waals surface area contributed by atoms with Crippen molar-refractivity contribution in [3.8, 4) is 0 Å². The Balaban J connectivity index is 1.46. The van der Waals surface area contributed by atoms with Crippen LogP contribution in [0.4, 0.5) is 5.13 Å². The summed E-state index contributed by atoms with van der Waals surface area (Å²) in [7, 11) is -3.59. The molecule has 1 aliphatic heterocycles. The highest BCUT2D eigenvalue weighted by molar-refractivity contribution is 7.89. The largest absolute Gasteiger partial charge is 0.282 e. The smallest absolute Gasteiger partial charge is 0.260 e. The van der Waals surface area contributed by atoms with E-state index in [1.54, 1.807) is 33.5 Å². The molecule has 5 rings (SSSR count). The van der Waals surface area contributed by atoms with Crippen LogP contribution >= 0.6 is 11.3 Å². The topological polar surface area (TPSA) is 88.4 Å². The molecule has 1 aliphatic rings. The van der Waals surface area contributed by atoms with Gasteiger partial charge in [-0.3, -0.25) is 14.4 Å². The van der Waals surface area contributed by atoms with Crippen LogP contribution in [-0.4, -0.2) is 53.0 Å². The van der Waals surface area contributed by atoms with Gasteiger partial charge in [0, 0.05) is 30.9 Å². The van der Waals surface area contributed by atoms with E-state index in [1.165, 1.54) is 11.3 Å². The molecule has 2 aromatic carbocycles. The van der Waals surface area contributed by atoms with Crippen LogP contribution in [0.3, 0.4) is 0 Å². The molecule has 212 valence electrons. The van der Waals surface area contributed by atoms with Crippen molar-refractivity contribution >= 4 is 42.6 Å². The maximum absolute atomic E-state index is 14.0. The summed E-state index contributed by atoms with van der Waals surface area (Å²) in [6.45, 7) is 10.2. The molecule has 0 saturated carbocycles. The van der Waals surface area contributed by atoms with Gasteiger partial charge in [0.15, 0.2) is 5.13 Å². The zero-order valence-electron chi connectivity index (χ0n) is 23.6. The van der Waals surface area contributed by atoms with E-state index < -0.39 is 10.0 Å². The fourth-order valence-corrected chi connectivity index (χ4v) is 7.82. The monoisotopic (exact) mass is 579 g/mol. The number of aromatic nitrogens is 3. The first-order valence-corrected chi connectivity index (χ1v) is 16.2. The number of sulfonamides is 1. The van der Waals surface area contributed by atoms with Gasteiger partial charge in [0.05, 0.1) is 27.4 Å².